The molecule has 0 unspecified atom stereocenters. The predicted molar refractivity (Wildman–Crippen MR) is 95.9 cm³/mol. The molecule has 0 aliphatic rings. The molecule has 0 aliphatic carbocycles. The van der Waals surface area contributed by atoms with Gasteiger partial charge in [0.05, 0.1) is 6.04 Å². The molecule has 0 aliphatic heterocycles. The minimum Gasteiger partial charge on any atom is -0.370 e. The number of nitrogens with two attached hydrogens (primary N) is 2. The van der Waals surface area contributed by atoms with Gasteiger partial charge in [0.2, 0.25) is 11.8 Å². The molecule has 0 fully saturated rings. The highest BCUT2D eigenvalue weighted by molar-refractivity contribution is 5.98. The standard InChI is InChI=1S/C16H24N4O3.ClH/c1-10(2)8-13(17)16(23)20-12-5-3-4-11(9-12)15(22)19-7-6-14(18)21;/h3-5,9-10,13H,6-8,17H2,1-2H3,(H2,18,21)(H,19,22)(H,20,23);1H/t13-;/m0./s1. The smallest absolute Gasteiger partial charge is 0.251 e. The quantitative estimate of drug-likeness (QED) is 0.554. The van der Waals surface area contributed by atoms with Gasteiger partial charge >= 0.3 is 0 Å². The molecule has 0 saturated carbocycles. The van der Waals surface area contributed by atoms with E-state index in [1.807, 2.05) is 13.8 Å². The topological polar surface area (TPSA) is 127 Å². The number of nitrogens with one attached hydrogen (secondary N) is 2. The fraction of sp³-hybridized carbons (Fsp3) is 0.438. The summed E-state index contributed by atoms with van der Waals surface area (Å²) < 4.78 is 0. The summed E-state index contributed by atoms with van der Waals surface area (Å²) in [6, 6.07) is 5.92. The lowest BCUT2D eigenvalue weighted by molar-refractivity contribution is -0.118. The van der Waals surface area contributed by atoms with Crippen molar-refractivity contribution in [2.24, 2.45) is 17.4 Å². The van der Waals surface area contributed by atoms with Crippen molar-refractivity contribution in [2.45, 2.75) is 32.7 Å². The Bertz CT molecular complexity index is 578. The van der Waals surface area contributed by atoms with E-state index in [4.69, 9.17) is 11.5 Å². The largest absolute Gasteiger partial charge is 0.370 e. The molecular formula is C16H25ClN4O3. The SMILES string of the molecule is CC(C)C[C@H](N)C(=O)Nc1cccc(C(=O)NCCC(N)=O)c1.Cl. The van der Waals surface area contributed by atoms with Crippen molar-refractivity contribution in [3.63, 3.8) is 0 Å². The third kappa shape index (κ3) is 7.94. The first kappa shape index (κ1) is 21.9. The number of hydrogen-bond acceptors (Lipinski definition) is 4. The van der Waals surface area contributed by atoms with E-state index >= 15 is 0 Å². The zero-order valence-corrected chi connectivity index (χ0v) is 14.7. The van der Waals surface area contributed by atoms with Crippen LogP contribution in [0.25, 0.3) is 0 Å². The van der Waals surface area contributed by atoms with Crippen molar-refractivity contribution in [1.29, 1.82) is 0 Å². The molecule has 7 nitrogen and oxygen atoms in total. The lowest BCUT2D eigenvalue weighted by atomic mass is 10.0. The zero-order valence-electron chi connectivity index (χ0n) is 13.9. The lowest BCUT2D eigenvalue weighted by Crippen LogP contribution is -2.36. The van der Waals surface area contributed by atoms with E-state index in [9.17, 15) is 14.4 Å². The number of rotatable bonds is 8. The number of carbonyl (C=O) groups is 3. The Morgan fingerprint density at radius 1 is 1.21 bits per heavy atom. The molecule has 1 aromatic rings. The highest BCUT2D eigenvalue weighted by Crippen LogP contribution is 2.12. The third-order valence-electron chi connectivity index (χ3n) is 3.11. The first-order valence-corrected chi connectivity index (χ1v) is 7.52. The highest BCUT2D eigenvalue weighted by Gasteiger charge is 2.15. The molecule has 0 bridgehead atoms. The maximum absolute atomic E-state index is 12.0. The van der Waals surface area contributed by atoms with Crippen LogP contribution in [0.1, 0.15) is 37.0 Å². The zero-order chi connectivity index (χ0) is 17.4. The van der Waals surface area contributed by atoms with E-state index < -0.39 is 11.9 Å². The minimum absolute atomic E-state index is 0. The Morgan fingerprint density at radius 3 is 2.46 bits per heavy atom. The average molecular weight is 357 g/mol. The van der Waals surface area contributed by atoms with Crippen LogP contribution < -0.4 is 22.1 Å². The first-order valence-electron chi connectivity index (χ1n) is 7.52. The summed E-state index contributed by atoms with van der Waals surface area (Å²) in [6.07, 6.45) is 0.658. The Kier molecular flexibility index (Phi) is 9.68. The van der Waals surface area contributed by atoms with Crippen LogP contribution in [0.2, 0.25) is 0 Å². The van der Waals surface area contributed by atoms with Gasteiger partial charge in [0.25, 0.3) is 5.91 Å². The maximum Gasteiger partial charge on any atom is 0.251 e. The summed E-state index contributed by atoms with van der Waals surface area (Å²) in [6.45, 7) is 4.15. The first-order chi connectivity index (χ1) is 10.8. The van der Waals surface area contributed by atoms with E-state index in [0.29, 0.717) is 23.6 Å². The van der Waals surface area contributed by atoms with Gasteiger partial charge in [0.1, 0.15) is 0 Å². The van der Waals surface area contributed by atoms with Gasteiger partial charge in [-0.3, -0.25) is 14.4 Å². The van der Waals surface area contributed by atoms with Gasteiger partial charge < -0.3 is 22.1 Å². The molecule has 24 heavy (non-hydrogen) atoms. The van der Waals surface area contributed by atoms with E-state index in [1.165, 1.54) is 0 Å². The summed E-state index contributed by atoms with van der Waals surface area (Å²) in [5, 5.41) is 5.28. The Labute approximate surface area is 147 Å². The number of halogens is 1. The molecule has 8 heteroatoms. The highest BCUT2D eigenvalue weighted by atomic mass is 35.5. The van der Waals surface area contributed by atoms with Crippen LogP contribution in [0, 0.1) is 5.92 Å². The van der Waals surface area contributed by atoms with Crippen molar-refractivity contribution in [2.75, 3.05) is 11.9 Å². The fourth-order valence-corrected chi connectivity index (χ4v) is 1.99. The van der Waals surface area contributed by atoms with Crippen LogP contribution in [-0.4, -0.2) is 30.3 Å². The van der Waals surface area contributed by atoms with Crippen molar-refractivity contribution in [1.82, 2.24) is 5.32 Å². The molecule has 1 aromatic carbocycles. The second-order valence-electron chi connectivity index (χ2n) is 5.78. The van der Waals surface area contributed by atoms with E-state index in [2.05, 4.69) is 10.6 Å². The molecule has 0 aromatic heterocycles. The average Bonchev–Trinajstić information content (AvgIpc) is 2.46. The maximum atomic E-state index is 12.0. The summed E-state index contributed by atoms with van der Waals surface area (Å²) in [5.74, 6) is -0.789. The Hall–Kier alpha value is -2.12. The molecule has 0 heterocycles. The van der Waals surface area contributed by atoms with Crippen molar-refractivity contribution in [3.05, 3.63) is 29.8 Å². The molecule has 1 rings (SSSR count). The summed E-state index contributed by atoms with van der Waals surface area (Å²) in [4.78, 5) is 34.6. The second-order valence-corrected chi connectivity index (χ2v) is 5.78. The van der Waals surface area contributed by atoms with Crippen LogP contribution in [0.5, 0.6) is 0 Å². The van der Waals surface area contributed by atoms with Gasteiger partial charge in [-0.2, -0.15) is 0 Å². The fourth-order valence-electron chi connectivity index (χ4n) is 1.99. The van der Waals surface area contributed by atoms with Gasteiger partial charge in [-0.25, -0.2) is 0 Å². The van der Waals surface area contributed by atoms with Crippen LogP contribution in [-0.2, 0) is 9.59 Å². The van der Waals surface area contributed by atoms with Crippen LogP contribution in [0.3, 0.4) is 0 Å². The molecule has 3 amide bonds. The number of anilines is 1. The normalized spacial score (nSPS) is 11.3. The number of amides is 3. The third-order valence-corrected chi connectivity index (χ3v) is 3.11. The molecule has 0 spiro atoms. The van der Waals surface area contributed by atoms with E-state index in [0.717, 1.165) is 0 Å². The Balaban J connectivity index is 0.00000529. The van der Waals surface area contributed by atoms with Gasteiger partial charge in [-0.15, -0.1) is 12.4 Å². The molecule has 1 atom stereocenters. The second kappa shape index (κ2) is 10.6. The molecular weight excluding hydrogens is 332 g/mol. The molecule has 134 valence electrons. The van der Waals surface area contributed by atoms with E-state index in [-0.39, 0.29) is 37.2 Å². The van der Waals surface area contributed by atoms with Crippen LogP contribution in [0.15, 0.2) is 24.3 Å². The number of primary amides is 1. The van der Waals surface area contributed by atoms with Crippen molar-refractivity contribution in [3.8, 4) is 0 Å². The van der Waals surface area contributed by atoms with Gasteiger partial charge in [-0.05, 0) is 30.5 Å². The summed E-state index contributed by atoms with van der Waals surface area (Å²) >= 11 is 0. The van der Waals surface area contributed by atoms with Gasteiger partial charge in [0.15, 0.2) is 0 Å². The van der Waals surface area contributed by atoms with Gasteiger partial charge in [-0.1, -0.05) is 19.9 Å². The minimum atomic E-state index is -0.594. The van der Waals surface area contributed by atoms with Crippen LogP contribution in [0.4, 0.5) is 5.69 Å². The predicted octanol–water partition coefficient (Wildman–Crippen LogP) is 1.03. The molecule has 6 N–H and O–H groups in total. The van der Waals surface area contributed by atoms with Crippen molar-refractivity contribution >= 4 is 35.8 Å². The number of benzene rings is 1. The van der Waals surface area contributed by atoms with Crippen molar-refractivity contribution < 1.29 is 14.4 Å². The summed E-state index contributed by atoms with van der Waals surface area (Å²) in [7, 11) is 0. The number of hydrogen-bond donors (Lipinski definition) is 4. The van der Waals surface area contributed by atoms with E-state index in [1.54, 1.807) is 24.3 Å². The molecule has 0 saturated heterocycles. The van der Waals surface area contributed by atoms with Gasteiger partial charge in [0, 0.05) is 24.2 Å². The number of carbonyl (C=O) groups excluding carboxylic acids is 3. The van der Waals surface area contributed by atoms with Crippen LogP contribution >= 0.6 is 12.4 Å². The monoisotopic (exact) mass is 356 g/mol. The summed E-state index contributed by atoms with van der Waals surface area (Å²) in [5.41, 5.74) is 11.7. The Morgan fingerprint density at radius 2 is 1.88 bits per heavy atom. The lowest BCUT2D eigenvalue weighted by Gasteiger charge is -2.14. The molecule has 0 radical (unpaired) electrons.